The molecule has 0 spiro atoms. The molecule has 0 atom stereocenters. The van der Waals surface area contributed by atoms with Crippen LogP contribution in [0.2, 0.25) is 0 Å². The monoisotopic (exact) mass is 345 g/mol. The highest BCUT2D eigenvalue weighted by molar-refractivity contribution is 5.98. The lowest BCUT2D eigenvalue weighted by molar-refractivity contribution is -0.0126. The number of nitrogens with zero attached hydrogens (tertiary/aromatic N) is 4. The van der Waals surface area contributed by atoms with Crippen molar-refractivity contribution < 1.29 is 28.5 Å². The molecule has 0 heterocycles. The van der Waals surface area contributed by atoms with Gasteiger partial charge in [-0.15, -0.1) is 0 Å². The Labute approximate surface area is 145 Å². The second-order valence-corrected chi connectivity index (χ2v) is 5.08. The van der Waals surface area contributed by atoms with Crippen LogP contribution in [0.4, 0.5) is 0 Å². The second kappa shape index (κ2) is 8.01. The molecule has 9 heteroatoms. The largest absolute Gasteiger partial charge is 0.498 e. The second-order valence-electron chi connectivity index (χ2n) is 5.08. The van der Waals surface area contributed by atoms with Crippen molar-refractivity contribution >= 4 is 11.4 Å². The molecule has 0 aromatic rings. The van der Waals surface area contributed by atoms with Gasteiger partial charge < -0.3 is 35.3 Å². The first-order valence-electron chi connectivity index (χ1n) is 7.37. The van der Waals surface area contributed by atoms with Gasteiger partial charge in [0.1, 0.15) is 24.4 Å². The molecule has 0 saturated heterocycles. The van der Waals surface area contributed by atoms with Gasteiger partial charge in [-0.25, -0.2) is 0 Å². The maximum absolute atomic E-state index is 9.09. The van der Waals surface area contributed by atoms with Crippen LogP contribution < -0.4 is 5.32 Å². The van der Waals surface area contributed by atoms with Crippen molar-refractivity contribution in [3.8, 4) is 0 Å². The van der Waals surface area contributed by atoms with Gasteiger partial charge in [0.25, 0.3) is 0 Å². The molecular formula is C16H19N5O4. The van der Waals surface area contributed by atoms with Crippen LogP contribution in [0, 0.1) is 0 Å². The fraction of sp³-hybridized carbons (Fsp3) is 0.375. The van der Waals surface area contributed by atoms with Gasteiger partial charge in [-0.2, -0.15) is 9.58 Å². The molecule has 132 valence electrons. The predicted molar refractivity (Wildman–Crippen MR) is 87.9 cm³/mol. The van der Waals surface area contributed by atoms with Crippen molar-refractivity contribution in [2.75, 3.05) is 28.4 Å². The molecule has 0 fully saturated rings. The van der Waals surface area contributed by atoms with Crippen molar-refractivity contribution in [2.45, 2.75) is 12.8 Å². The molecule has 2 aliphatic rings. The lowest BCUT2D eigenvalue weighted by Crippen LogP contribution is -2.25. The summed E-state index contributed by atoms with van der Waals surface area (Å²) in [6.45, 7) is 0. The molecule has 9 nitrogen and oxygen atoms in total. The fourth-order valence-electron chi connectivity index (χ4n) is 2.50. The third-order valence-electron chi connectivity index (χ3n) is 3.82. The zero-order valence-electron chi connectivity index (χ0n) is 14.5. The molecule has 0 amide bonds. The van der Waals surface area contributed by atoms with Crippen molar-refractivity contribution in [3.05, 3.63) is 57.6 Å². The minimum atomic E-state index is 0.259. The number of hydrogen-bond acceptors (Lipinski definition) is 5. The number of hydrogen-bond donors (Lipinski definition) is 1. The minimum Gasteiger partial charge on any atom is -0.498 e. The van der Waals surface area contributed by atoms with Crippen molar-refractivity contribution in [2.24, 2.45) is 0 Å². The zero-order chi connectivity index (χ0) is 18.4. The number of allylic oxidation sites excluding steroid dienone is 6. The number of rotatable bonds is 6. The van der Waals surface area contributed by atoms with E-state index in [1.165, 1.54) is 28.4 Å². The first-order chi connectivity index (χ1) is 12.1. The molecule has 0 bridgehead atoms. The van der Waals surface area contributed by atoms with E-state index < -0.39 is 0 Å². The molecule has 0 aromatic heterocycles. The van der Waals surface area contributed by atoms with E-state index in [2.05, 4.69) is 14.9 Å². The molecule has 0 radical (unpaired) electrons. The standard InChI is InChI=1S/C16H19N5O4/c1-22-13-7-11(20-17)15(24-3)5-9(13)19-10-6-16(25-4)12(21-18)8-14(10)23-2/h5-6,19H,7-8H2,1-4H3. The summed E-state index contributed by atoms with van der Waals surface area (Å²) in [4.78, 5) is 6.45. The summed E-state index contributed by atoms with van der Waals surface area (Å²) in [7, 11) is 6.02. The van der Waals surface area contributed by atoms with E-state index in [9.17, 15) is 0 Å². The van der Waals surface area contributed by atoms with Gasteiger partial charge in [-0.05, 0) is 0 Å². The zero-order valence-corrected chi connectivity index (χ0v) is 14.5. The van der Waals surface area contributed by atoms with Gasteiger partial charge in [-0.1, -0.05) is 0 Å². The smallest absolute Gasteiger partial charge is 0.340 e. The molecule has 0 saturated carbocycles. The molecular weight excluding hydrogens is 326 g/mol. The summed E-state index contributed by atoms with van der Waals surface area (Å²) in [5, 5.41) is 3.20. The summed E-state index contributed by atoms with van der Waals surface area (Å²) in [6, 6.07) is 0. The van der Waals surface area contributed by atoms with E-state index in [1.54, 1.807) is 12.2 Å². The van der Waals surface area contributed by atoms with Gasteiger partial charge in [0.15, 0.2) is 0 Å². The number of nitrogens with one attached hydrogen (secondary N) is 1. The van der Waals surface area contributed by atoms with Crippen molar-refractivity contribution in [1.29, 1.82) is 0 Å². The Morgan fingerprint density at radius 2 is 1.16 bits per heavy atom. The predicted octanol–water partition coefficient (Wildman–Crippen LogP) is 1.50. The van der Waals surface area contributed by atoms with Crippen LogP contribution in [-0.4, -0.2) is 49.4 Å². The Kier molecular flexibility index (Phi) is 5.79. The average molecular weight is 345 g/mol. The summed E-state index contributed by atoms with van der Waals surface area (Å²) < 4.78 is 21.2. The van der Waals surface area contributed by atoms with E-state index in [0.29, 0.717) is 45.9 Å². The Balaban J connectivity index is 2.45. The fourth-order valence-corrected chi connectivity index (χ4v) is 2.50. The van der Waals surface area contributed by atoms with E-state index in [0.717, 1.165) is 0 Å². The number of ether oxygens (including phenoxy) is 4. The van der Waals surface area contributed by atoms with E-state index >= 15 is 0 Å². The van der Waals surface area contributed by atoms with E-state index in [4.69, 9.17) is 30.0 Å². The average Bonchev–Trinajstić information content (AvgIpc) is 2.66. The molecule has 2 rings (SSSR count). The minimum absolute atomic E-state index is 0.259. The lowest BCUT2D eigenvalue weighted by atomic mass is 10.0. The third-order valence-corrected chi connectivity index (χ3v) is 3.82. The highest BCUT2D eigenvalue weighted by Gasteiger charge is 2.31. The highest BCUT2D eigenvalue weighted by Crippen LogP contribution is 2.26. The molecule has 2 aliphatic carbocycles. The van der Waals surface area contributed by atoms with Crippen LogP contribution in [0.5, 0.6) is 0 Å². The van der Waals surface area contributed by atoms with Crippen LogP contribution in [0.1, 0.15) is 12.8 Å². The van der Waals surface area contributed by atoms with Crippen molar-refractivity contribution in [1.82, 2.24) is 5.32 Å². The summed E-state index contributed by atoms with van der Waals surface area (Å²) in [5.41, 5.74) is 20.1. The number of methoxy groups -OCH3 is 4. The van der Waals surface area contributed by atoms with Gasteiger partial charge >= 0.3 is 11.4 Å². The summed E-state index contributed by atoms with van der Waals surface area (Å²) in [5.74, 6) is 1.94. The van der Waals surface area contributed by atoms with Gasteiger partial charge in [0, 0.05) is 12.2 Å². The van der Waals surface area contributed by atoms with Gasteiger partial charge in [0.05, 0.1) is 39.8 Å². The lowest BCUT2D eigenvalue weighted by Gasteiger charge is -2.21. The van der Waals surface area contributed by atoms with Gasteiger partial charge in [0.2, 0.25) is 11.5 Å². The SMILES string of the molecule is COC1=CC(NC2=C(OC)CC(=[N+]=[N-])C(OC)=C2)=C(OC)CC1=[N+]=[N-]. The van der Waals surface area contributed by atoms with Gasteiger partial charge in [-0.3, -0.25) is 0 Å². The Bertz CT molecular complexity index is 727. The van der Waals surface area contributed by atoms with E-state index in [1.807, 2.05) is 0 Å². The normalized spacial score (nSPS) is 17.3. The Morgan fingerprint density at radius 3 is 1.44 bits per heavy atom. The summed E-state index contributed by atoms with van der Waals surface area (Å²) >= 11 is 0. The van der Waals surface area contributed by atoms with Crippen LogP contribution in [0.15, 0.2) is 46.6 Å². The first-order valence-corrected chi connectivity index (χ1v) is 7.37. The van der Waals surface area contributed by atoms with Crippen LogP contribution in [0.25, 0.3) is 11.1 Å². The van der Waals surface area contributed by atoms with Crippen LogP contribution in [-0.2, 0) is 18.9 Å². The topological polar surface area (TPSA) is 122 Å². The van der Waals surface area contributed by atoms with E-state index in [-0.39, 0.29) is 12.8 Å². The van der Waals surface area contributed by atoms with Crippen LogP contribution >= 0.6 is 0 Å². The third kappa shape index (κ3) is 3.63. The van der Waals surface area contributed by atoms with Crippen molar-refractivity contribution in [3.63, 3.8) is 0 Å². The molecule has 0 aromatic carbocycles. The molecule has 1 N–H and O–H groups in total. The van der Waals surface area contributed by atoms with Crippen LogP contribution in [0.3, 0.4) is 0 Å². The maximum Gasteiger partial charge on any atom is 0.340 e. The molecule has 25 heavy (non-hydrogen) atoms. The molecule has 0 unspecified atom stereocenters. The quantitative estimate of drug-likeness (QED) is 0.577. The summed E-state index contributed by atoms with van der Waals surface area (Å²) in [6.07, 6.45) is 3.84. The molecule has 0 aliphatic heterocycles. The Hall–Kier alpha value is -3.28. The highest BCUT2D eigenvalue weighted by atomic mass is 16.5. The maximum atomic E-state index is 9.09. The Morgan fingerprint density at radius 1 is 0.760 bits per heavy atom. The first kappa shape index (κ1) is 18.1.